The Morgan fingerprint density at radius 1 is 1.42 bits per heavy atom. The van der Waals surface area contributed by atoms with Gasteiger partial charge in [-0.05, 0) is 37.9 Å². The van der Waals surface area contributed by atoms with Crippen molar-refractivity contribution in [3.63, 3.8) is 0 Å². The van der Waals surface area contributed by atoms with Crippen LogP contribution >= 0.6 is 0 Å². The number of carbonyl (C=O) groups excluding carboxylic acids is 1. The van der Waals surface area contributed by atoms with E-state index in [9.17, 15) is 14.9 Å². The van der Waals surface area contributed by atoms with Gasteiger partial charge in [-0.2, -0.15) is 0 Å². The number of nitrogen functional groups attached to an aromatic ring is 1. The fourth-order valence-electron chi connectivity index (χ4n) is 1.68. The molecular formula is C12H18N4O3. The molecule has 0 fully saturated rings. The number of amides is 1. The summed E-state index contributed by atoms with van der Waals surface area (Å²) in [6, 6.07) is 2.89. The quantitative estimate of drug-likeness (QED) is 0.306. The third-order valence-corrected chi connectivity index (χ3v) is 2.66. The Morgan fingerprint density at radius 3 is 2.68 bits per heavy atom. The molecule has 0 unspecified atom stereocenters. The predicted molar refractivity (Wildman–Crippen MR) is 72.9 cm³/mol. The van der Waals surface area contributed by atoms with Crippen molar-refractivity contribution in [1.29, 1.82) is 0 Å². The number of hydrogen-bond acceptors (Lipinski definition) is 5. The van der Waals surface area contributed by atoms with Gasteiger partial charge >= 0.3 is 0 Å². The lowest BCUT2D eigenvalue weighted by atomic mass is 10.1. The maximum atomic E-state index is 11.9. The Labute approximate surface area is 111 Å². The lowest BCUT2D eigenvalue weighted by Crippen LogP contribution is -2.26. The molecule has 1 aromatic carbocycles. The minimum Gasteiger partial charge on any atom is -0.393 e. The van der Waals surface area contributed by atoms with Gasteiger partial charge in [0.05, 0.1) is 10.5 Å². The molecule has 19 heavy (non-hydrogen) atoms. The van der Waals surface area contributed by atoms with Crippen LogP contribution in [0.4, 0.5) is 11.4 Å². The average molecular weight is 266 g/mol. The molecule has 1 rings (SSSR count). The third-order valence-electron chi connectivity index (χ3n) is 2.66. The lowest BCUT2D eigenvalue weighted by molar-refractivity contribution is -0.384. The molecule has 1 amide bonds. The van der Waals surface area contributed by atoms with E-state index in [1.54, 1.807) is 13.0 Å². The van der Waals surface area contributed by atoms with Crippen LogP contribution in [-0.4, -0.2) is 23.9 Å². The van der Waals surface area contributed by atoms with Crippen molar-refractivity contribution in [2.45, 2.75) is 19.8 Å². The molecule has 0 aliphatic carbocycles. The molecule has 0 aliphatic rings. The fourth-order valence-corrected chi connectivity index (χ4v) is 1.68. The highest BCUT2D eigenvalue weighted by atomic mass is 16.6. The summed E-state index contributed by atoms with van der Waals surface area (Å²) in [5.74, 6) is -0.402. The largest absolute Gasteiger partial charge is 0.393 e. The number of benzene rings is 1. The van der Waals surface area contributed by atoms with E-state index in [4.69, 9.17) is 11.5 Å². The minimum absolute atomic E-state index is 0.105. The number of unbranched alkanes of at least 4 members (excludes halogenated alkanes) is 1. The molecule has 7 heteroatoms. The second-order valence-electron chi connectivity index (χ2n) is 4.25. The van der Waals surface area contributed by atoms with E-state index in [0.717, 1.165) is 12.8 Å². The second kappa shape index (κ2) is 6.69. The third kappa shape index (κ3) is 3.92. The summed E-state index contributed by atoms with van der Waals surface area (Å²) in [7, 11) is 0. The fraction of sp³-hybridized carbons (Fsp3) is 0.417. The van der Waals surface area contributed by atoms with Crippen molar-refractivity contribution in [2.75, 3.05) is 18.8 Å². The molecule has 104 valence electrons. The number of hydrogen-bond donors (Lipinski definition) is 3. The second-order valence-corrected chi connectivity index (χ2v) is 4.25. The van der Waals surface area contributed by atoms with Crippen molar-refractivity contribution in [3.8, 4) is 0 Å². The predicted octanol–water partition coefficient (Wildman–Crippen LogP) is 0.954. The standard InChI is InChI=1S/C12H18N4O3/c1-8-6-9(11(14)10(7-8)16(18)19)12(17)15-5-3-2-4-13/h6-7H,2-5,13-14H2,1H3,(H,15,17). The summed E-state index contributed by atoms with van der Waals surface area (Å²) in [5, 5.41) is 13.5. The summed E-state index contributed by atoms with van der Waals surface area (Å²) >= 11 is 0. The molecule has 0 heterocycles. The highest BCUT2D eigenvalue weighted by Crippen LogP contribution is 2.26. The molecule has 1 aromatic rings. The summed E-state index contributed by atoms with van der Waals surface area (Å²) < 4.78 is 0. The normalized spacial score (nSPS) is 10.2. The number of rotatable bonds is 6. The molecule has 7 nitrogen and oxygen atoms in total. The molecule has 0 spiro atoms. The Bertz CT molecular complexity index is 488. The topological polar surface area (TPSA) is 124 Å². The van der Waals surface area contributed by atoms with Gasteiger partial charge < -0.3 is 16.8 Å². The number of nitrogens with one attached hydrogen (secondary N) is 1. The van der Waals surface area contributed by atoms with E-state index in [1.807, 2.05) is 0 Å². The van der Waals surface area contributed by atoms with Gasteiger partial charge in [0.15, 0.2) is 0 Å². The lowest BCUT2D eigenvalue weighted by Gasteiger charge is -2.08. The van der Waals surface area contributed by atoms with Gasteiger partial charge in [-0.3, -0.25) is 14.9 Å². The molecule has 0 saturated carbocycles. The van der Waals surface area contributed by atoms with E-state index >= 15 is 0 Å². The van der Waals surface area contributed by atoms with E-state index in [0.29, 0.717) is 18.7 Å². The highest BCUT2D eigenvalue weighted by molar-refractivity contribution is 6.01. The Morgan fingerprint density at radius 2 is 2.11 bits per heavy atom. The van der Waals surface area contributed by atoms with Crippen LogP contribution < -0.4 is 16.8 Å². The van der Waals surface area contributed by atoms with Gasteiger partial charge in [-0.15, -0.1) is 0 Å². The molecule has 0 aromatic heterocycles. The maximum absolute atomic E-state index is 11.9. The van der Waals surface area contributed by atoms with Gasteiger partial charge in [-0.25, -0.2) is 0 Å². The first-order valence-electron chi connectivity index (χ1n) is 6.00. The van der Waals surface area contributed by atoms with Crippen LogP contribution in [0.3, 0.4) is 0 Å². The van der Waals surface area contributed by atoms with Gasteiger partial charge in [0.2, 0.25) is 0 Å². The van der Waals surface area contributed by atoms with Gasteiger partial charge in [0.1, 0.15) is 5.69 Å². The zero-order valence-corrected chi connectivity index (χ0v) is 10.8. The monoisotopic (exact) mass is 266 g/mol. The first kappa shape index (κ1) is 14.9. The summed E-state index contributed by atoms with van der Waals surface area (Å²) in [6.45, 7) is 2.71. The van der Waals surface area contributed by atoms with Gasteiger partial charge in [-0.1, -0.05) is 0 Å². The number of nitro benzene ring substituents is 1. The van der Waals surface area contributed by atoms with E-state index in [-0.39, 0.29) is 16.9 Å². The van der Waals surface area contributed by atoms with Crippen molar-refractivity contribution < 1.29 is 9.72 Å². The maximum Gasteiger partial charge on any atom is 0.293 e. The van der Waals surface area contributed by atoms with E-state index in [2.05, 4.69) is 5.32 Å². The molecule has 5 N–H and O–H groups in total. The molecular weight excluding hydrogens is 248 g/mol. The van der Waals surface area contributed by atoms with Crippen molar-refractivity contribution in [1.82, 2.24) is 5.32 Å². The smallest absolute Gasteiger partial charge is 0.293 e. The van der Waals surface area contributed by atoms with Crippen molar-refractivity contribution in [2.24, 2.45) is 5.73 Å². The van der Waals surface area contributed by atoms with E-state index < -0.39 is 10.8 Å². The number of carbonyl (C=O) groups is 1. The first-order chi connectivity index (χ1) is 8.97. The van der Waals surface area contributed by atoms with Crippen molar-refractivity contribution >= 4 is 17.3 Å². The zero-order valence-electron chi connectivity index (χ0n) is 10.8. The number of anilines is 1. The highest BCUT2D eigenvalue weighted by Gasteiger charge is 2.20. The molecule has 0 saturated heterocycles. The zero-order chi connectivity index (χ0) is 14.4. The molecule has 0 bridgehead atoms. The SMILES string of the molecule is Cc1cc(C(=O)NCCCCN)c(N)c([N+](=O)[O-])c1. The Balaban J connectivity index is 2.88. The van der Waals surface area contributed by atoms with Crippen LogP contribution in [0.2, 0.25) is 0 Å². The summed E-state index contributed by atoms with van der Waals surface area (Å²) in [4.78, 5) is 22.1. The molecule has 0 atom stereocenters. The van der Waals surface area contributed by atoms with Crippen LogP contribution in [0.1, 0.15) is 28.8 Å². The van der Waals surface area contributed by atoms with Crippen LogP contribution in [0, 0.1) is 17.0 Å². The average Bonchev–Trinajstić information content (AvgIpc) is 2.36. The van der Waals surface area contributed by atoms with Gasteiger partial charge in [0.25, 0.3) is 11.6 Å². The number of nitrogens with two attached hydrogens (primary N) is 2. The Kier molecular flexibility index (Phi) is 5.25. The van der Waals surface area contributed by atoms with Crippen LogP contribution in [0.15, 0.2) is 12.1 Å². The van der Waals surface area contributed by atoms with Crippen LogP contribution in [0.5, 0.6) is 0 Å². The van der Waals surface area contributed by atoms with E-state index in [1.165, 1.54) is 6.07 Å². The number of nitro groups is 1. The minimum atomic E-state index is -0.590. The Hall–Kier alpha value is -2.15. The van der Waals surface area contributed by atoms with Crippen LogP contribution in [0.25, 0.3) is 0 Å². The summed E-state index contributed by atoms with van der Waals surface area (Å²) in [6.07, 6.45) is 1.57. The number of aryl methyl sites for hydroxylation is 1. The number of nitrogens with zero attached hydrogens (tertiary/aromatic N) is 1. The van der Waals surface area contributed by atoms with Crippen molar-refractivity contribution in [3.05, 3.63) is 33.4 Å². The first-order valence-corrected chi connectivity index (χ1v) is 6.00. The van der Waals surface area contributed by atoms with Crippen LogP contribution in [-0.2, 0) is 0 Å². The van der Waals surface area contributed by atoms with Gasteiger partial charge in [0, 0.05) is 12.6 Å². The molecule has 0 aliphatic heterocycles. The summed E-state index contributed by atoms with van der Waals surface area (Å²) in [5.41, 5.74) is 11.4. The molecule has 0 radical (unpaired) electrons.